The monoisotopic (exact) mass is 305 g/mol. The van der Waals surface area contributed by atoms with Crippen LogP contribution in [0.1, 0.15) is 64.2 Å². The summed E-state index contributed by atoms with van der Waals surface area (Å²) in [4.78, 5) is 2.88. The number of rotatable bonds is 1. The average Bonchev–Trinajstić information content (AvgIpc) is 2.58. The molecule has 3 heterocycles. The van der Waals surface area contributed by atoms with Gasteiger partial charge in [0.25, 0.3) is 0 Å². The van der Waals surface area contributed by atoms with Crippen molar-refractivity contribution in [3.8, 4) is 0 Å². The van der Waals surface area contributed by atoms with E-state index in [0.717, 1.165) is 11.5 Å². The Balaban J connectivity index is 1.28. The first-order chi connectivity index (χ1) is 10.8. The molecule has 1 saturated carbocycles. The predicted octanol–water partition coefficient (Wildman–Crippen LogP) is 2.76. The highest BCUT2D eigenvalue weighted by atomic mass is 15.2. The molecule has 0 aromatic carbocycles. The lowest BCUT2D eigenvalue weighted by atomic mass is 9.66. The van der Waals surface area contributed by atoms with Crippen molar-refractivity contribution >= 4 is 0 Å². The zero-order chi connectivity index (χ0) is 14.9. The second-order valence-corrected chi connectivity index (χ2v) is 8.77. The molecule has 4 rings (SSSR count). The maximum atomic E-state index is 3.55. The third kappa shape index (κ3) is 3.09. The Morgan fingerprint density at radius 1 is 0.591 bits per heavy atom. The molecule has 3 heteroatoms. The molecule has 2 N–H and O–H groups in total. The summed E-state index contributed by atoms with van der Waals surface area (Å²) in [5.41, 5.74) is 1.44. The van der Waals surface area contributed by atoms with E-state index < -0.39 is 0 Å². The summed E-state index contributed by atoms with van der Waals surface area (Å²) in [6.07, 6.45) is 14.7. The van der Waals surface area contributed by atoms with Crippen LogP contribution in [0.2, 0.25) is 0 Å². The number of nitrogens with one attached hydrogen (secondary N) is 2. The Hall–Kier alpha value is -0.120. The highest BCUT2D eigenvalue weighted by Crippen LogP contribution is 2.46. The van der Waals surface area contributed by atoms with E-state index in [0.29, 0.717) is 5.41 Å². The van der Waals surface area contributed by atoms with Gasteiger partial charge in [0.1, 0.15) is 0 Å². The fourth-order valence-corrected chi connectivity index (χ4v) is 5.86. The minimum absolute atomic E-state index is 0.715. The molecule has 1 aliphatic carbocycles. The number of hydrogen-bond donors (Lipinski definition) is 2. The van der Waals surface area contributed by atoms with Crippen LogP contribution in [0.5, 0.6) is 0 Å². The van der Waals surface area contributed by atoms with Crippen LogP contribution >= 0.6 is 0 Å². The van der Waals surface area contributed by atoms with Crippen LogP contribution in [-0.4, -0.2) is 50.2 Å². The summed E-state index contributed by atoms with van der Waals surface area (Å²) in [5, 5.41) is 7.09. The topological polar surface area (TPSA) is 27.3 Å². The van der Waals surface area contributed by atoms with Crippen molar-refractivity contribution in [1.82, 2.24) is 15.5 Å². The van der Waals surface area contributed by atoms with E-state index >= 15 is 0 Å². The van der Waals surface area contributed by atoms with E-state index in [9.17, 15) is 0 Å². The fourth-order valence-electron chi connectivity index (χ4n) is 5.86. The molecule has 0 unspecified atom stereocenters. The Morgan fingerprint density at radius 2 is 1.05 bits per heavy atom. The van der Waals surface area contributed by atoms with Crippen molar-refractivity contribution in [2.24, 2.45) is 10.8 Å². The summed E-state index contributed by atoms with van der Waals surface area (Å²) in [6, 6.07) is 0.916. The lowest BCUT2D eigenvalue weighted by molar-refractivity contribution is 0.0146. The third-order valence-corrected chi connectivity index (χ3v) is 7.72. The van der Waals surface area contributed by atoms with Gasteiger partial charge >= 0.3 is 0 Å². The van der Waals surface area contributed by atoms with Gasteiger partial charge in [0.2, 0.25) is 0 Å². The van der Waals surface area contributed by atoms with Gasteiger partial charge in [-0.2, -0.15) is 0 Å². The first kappa shape index (κ1) is 15.4. The molecular weight excluding hydrogens is 270 g/mol. The summed E-state index contributed by atoms with van der Waals surface area (Å²) in [6.45, 7) is 7.84. The van der Waals surface area contributed by atoms with Gasteiger partial charge < -0.3 is 15.5 Å². The summed E-state index contributed by atoms with van der Waals surface area (Å²) in [5.74, 6) is 0. The second kappa shape index (κ2) is 6.41. The van der Waals surface area contributed by atoms with Gasteiger partial charge in [-0.1, -0.05) is 0 Å². The van der Waals surface area contributed by atoms with Crippen LogP contribution in [0.15, 0.2) is 0 Å². The maximum Gasteiger partial charge on any atom is 0.00956 e. The van der Waals surface area contributed by atoms with Crippen LogP contribution in [0.25, 0.3) is 0 Å². The third-order valence-electron chi connectivity index (χ3n) is 7.72. The largest absolute Gasteiger partial charge is 0.317 e. The van der Waals surface area contributed by atoms with E-state index in [1.165, 1.54) is 103 Å². The molecule has 0 atom stereocenters. The smallest absolute Gasteiger partial charge is 0.00956 e. The van der Waals surface area contributed by atoms with Gasteiger partial charge in [-0.15, -0.1) is 0 Å². The zero-order valence-electron chi connectivity index (χ0n) is 14.3. The van der Waals surface area contributed by atoms with Gasteiger partial charge in [0.05, 0.1) is 0 Å². The van der Waals surface area contributed by atoms with Crippen LogP contribution in [-0.2, 0) is 0 Å². The summed E-state index contributed by atoms with van der Waals surface area (Å²) < 4.78 is 0. The van der Waals surface area contributed by atoms with E-state index in [1.54, 1.807) is 0 Å². The van der Waals surface area contributed by atoms with Gasteiger partial charge in [-0.05, 0) is 114 Å². The molecule has 0 radical (unpaired) electrons. The maximum absolute atomic E-state index is 3.55. The Labute approximate surface area is 136 Å². The van der Waals surface area contributed by atoms with Gasteiger partial charge in [-0.25, -0.2) is 0 Å². The molecule has 0 bridgehead atoms. The molecular formula is C19H35N3. The number of nitrogens with zero attached hydrogens (tertiary/aromatic N) is 1. The van der Waals surface area contributed by atoms with E-state index in [4.69, 9.17) is 0 Å². The predicted molar refractivity (Wildman–Crippen MR) is 92.1 cm³/mol. The molecule has 0 amide bonds. The van der Waals surface area contributed by atoms with Gasteiger partial charge in [0, 0.05) is 6.04 Å². The van der Waals surface area contributed by atoms with Crippen molar-refractivity contribution in [1.29, 1.82) is 0 Å². The van der Waals surface area contributed by atoms with Gasteiger partial charge in [0.15, 0.2) is 0 Å². The molecule has 0 aromatic heterocycles. The fraction of sp³-hybridized carbons (Fsp3) is 1.00. The molecule has 4 fully saturated rings. The molecule has 4 aliphatic rings. The van der Waals surface area contributed by atoms with Crippen molar-refractivity contribution in [3.63, 3.8) is 0 Å². The minimum Gasteiger partial charge on any atom is -0.317 e. The Bertz CT molecular complexity index is 313. The molecule has 3 aliphatic heterocycles. The first-order valence-electron chi connectivity index (χ1n) is 9.95. The minimum atomic E-state index is 0.715. The van der Waals surface area contributed by atoms with Crippen molar-refractivity contribution < 1.29 is 0 Å². The summed E-state index contributed by atoms with van der Waals surface area (Å²) in [7, 11) is 0. The highest BCUT2D eigenvalue weighted by Gasteiger charge is 2.41. The van der Waals surface area contributed by atoms with Crippen molar-refractivity contribution in [3.05, 3.63) is 0 Å². The second-order valence-electron chi connectivity index (χ2n) is 8.77. The molecule has 22 heavy (non-hydrogen) atoms. The average molecular weight is 306 g/mol. The van der Waals surface area contributed by atoms with Crippen LogP contribution in [0.4, 0.5) is 0 Å². The molecule has 3 saturated heterocycles. The van der Waals surface area contributed by atoms with Crippen LogP contribution < -0.4 is 10.6 Å². The molecule has 0 aromatic rings. The number of piperidine rings is 3. The standard InChI is InChI=1S/C19H35N3/c1-3-18(5-11-20-12-6-18)4-2-17(1)22-15-9-19(10-16-22)7-13-21-14-8-19/h17,20-21H,1-16H2. The van der Waals surface area contributed by atoms with Crippen LogP contribution in [0.3, 0.4) is 0 Å². The normalized spacial score (nSPS) is 33.3. The highest BCUT2D eigenvalue weighted by molar-refractivity contribution is 4.95. The van der Waals surface area contributed by atoms with Crippen LogP contribution in [0, 0.1) is 10.8 Å². The summed E-state index contributed by atoms with van der Waals surface area (Å²) >= 11 is 0. The van der Waals surface area contributed by atoms with E-state index in [1.807, 2.05) is 0 Å². The van der Waals surface area contributed by atoms with Gasteiger partial charge in [-0.3, -0.25) is 0 Å². The lowest BCUT2D eigenvalue weighted by Crippen LogP contribution is -2.50. The number of hydrogen-bond acceptors (Lipinski definition) is 3. The first-order valence-corrected chi connectivity index (χ1v) is 9.95. The Morgan fingerprint density at radius 3 is 1.55 bits per heavy atom. The van der Waals surface area contributed by atoms with Crippen molar-refractivity contribution in [2.45, 2.75) is 70.3 Å². The lowest BCUT2D eigenvalue weighted by Gasteiger charge is -2.50. The SMILES string of the molecule is C1CC2(CCN1)CCC(N1CCC3(CCNCC3)CC1)CC2. The molecule has 2 spiro atoms. The van der Waals surface area contributed by atoms with E-state index in [-0.39, 0.29) is 0 Å². The van der Waals surface area contributed by atoms with E-state index in [2.05, 4.69) is 15.5 Å². The quantitative estimate of drug-likeness (QED) is 0.780. The van der Waals surface area contributed by atoms with Crippen molar-refractivity contribution in [2.75, 3.05) is 39.3 Å². The molecule has 126 valence electrons. The molecule has 3 nitrogen and oxygen atoms in total. The Kier molecular flexibility index (Phi) is 4.49. The number of likely N-dealkylation sites (tertiary alicyclic amines) is 1. The zero-order valence-corrected chi connectivity index (χ0v) is 14.3.